The second kappa shape index (κ2) is 11.3. The van der Waals surface area contributed by atoms with Crippen LogP contribution in [0.15, 0.2) is 77.7 Å². The van der Waals surface area contributed by atoms with E-state index < -0.39 is 10.0 Å². The summed E-state index contributed by atoms with van der Waals surface area (Å²) < 4.78 is 40.2. The molecule has 0 amide bonds. The molecular weight excluding hydrogens is 516 g/mol. The van der Waals surface area contributed by atoms with Crippen LogP contribution in [0.4, 0.5) is 11.5 Å². The summed E-state index contributed by atoms with van der Waals surface area (Å²) in [5, 5.41) is 1.23. The van der Waals surface area contributed by atoms with E-state index >= 15 is 0 Å². The summed E-state index contributed by atoms with van der Waals surface area (Å²) in [7, 11) is -2.17. The number of ether oxygens (including phenoxy) is 1. The molecule has 2 heterocycles. The SMILES string of the molecule is COc1ccc(S(=O)(=O)N(c2ccccc2CCN2CCN(c3nsc4ccccc34)CC2)C(C)C)cc1. The molecule has 1 aliphatic heterocycles. The number of fused-ring (bicyclic) bond motifs is 1. The van der Waals surface area contributed by atoms with Crippen LogP contribution in [0.1, 0.15) is 19.4 Å². The van der Waals surface area contributed by atoms with Crippen molar-refractivity contribution >= 4 is 43.1 Å². The summed E-state index contributed by atoms with van der Waals surface area (Å²) in [5.41, 5.74) is 1.78. The van der Waals surface area contributed by atoms with E-state index in [2.05, 4.69) is 34.1 Å². The largest absolute Gasteiger partial charge is 0.497 e. The van der Waals surface area contributed by atoms with E-state index in [9.17, 15) is 8.42 Å². The van der Waals surface area contributed by atoms with E-state index in [1.165, 1.54) is 10.1 Å². The molecule has 0 aliphatic carbocycles. The molecule has 7 nitrogen and oxygen atoms in total. The molecule has 3 aromatic carbocycles. The highest BCUT2D eigenvalue weighted by Crippen LogP contribution is 2.32. The number of aromatic nitrogens is 1. The quantitative estimate of drug-likeness (QED) is 0.283. The van der Waals surface area contributed by atoms with Crippen molar-refractivity contribution in [2.24, 2.45) is 0 Å². The number of hydrogen-bond donors (Lipinski definition) is 0. The molecule has 0 atom stereocenters. The Morgan fingerprint density at radius 2 is 1.63 bits per heavy atom. The normalized spacial score (nSPS) is 14.8. The topological polar surface area (TPSA) is 66.0 Å². The molecule has 0 spiro atoms. The minimum absolute atomic E-state index is 0.236. The van der Waals surface area contributed by atoms with Crippen molar-refractivity contribution in [3.05, 3.63) is 78.4 Å². The van der Waals surface area contributed by atoms with Gasteiger partial charge in [0.05, 0.1) is 22.4 Å². The molecular formula is C29H34N4O3S2. The van der Waals surface area contributed by atoms with Crippen LogP contribution in [0.25, 0.3) is 10.1 Å². The number of methoxy groups -OCH3 is 1. The molecule has 4 aromatic rings. The number of nitrogens with zero attached hydrogens (tertiary/aromatic N) is 4. The maximum Gasteiger partial charge on any atom is 0.264 e. The minimum atomic E-state index is -3.74. The average molecular weight is 551 g/mol. The average Bonchev–Trinajstić information content (AvgIpc) is 3.37. The number of anilines is 2. The number of hydrogen-bond acceptors (Lipinski definition) is 7. The first-order valence-electron chi connectivity index (χ1n) is 13.0. The monoisotopic (exact) mass is 550 g/mol. The van der Waals surface area contributed by atoms with Gasteiger partial charge in [-0.3, -0.25) is 9.21 Å². The lowest BCUT2D eigenvalue weighted by Crippen LogP contribution is -2.47. The maximum absolute atomic E-state index is 13.7. The lowest BCUT2D eigenvalue weighted by atomic mass is 10.1. The van der Waals surface area contributed by atoms with Crippen molar-refractivity contribution in [3.63, 3.8) is 0 Å². The molecule has 0 bridgehead atoms. The van der Waals surface area contributed by atoms with Gasteiger partial charge in [0.1, 0.15) is 11.6 Å². The Bertz CT molecular complexity index is 1480. The predicted molar refractivity (Wildman–Crippen MR) is 156 cm³/mol. The van der Waals surface area contributed by atoms with Gasteiger partial charge in [-0.25, -0.2) is 8.42 Å². The van der Waals surface area contributed by atoms with E-state index in [0.717, 1.165) is 56.2 Å². The van der Waals surface area contributed by atoms with Gasteiger partial charge < -0.3 is 9.64 Å². The van der Waals surface area contributed by atoms with Crippen molar-refractivity contribution < 1.29 is 13.2 Å². The van der Waals surface area contributed by atoms with Gasteiger partial charge >= 0.3 is 0 Å². The van der Waals surface area contributed by atoms with E-state index in [1.807, 2.05) is 38.1 Å². The minimum Gasteiger partial charge on any atom is -0.497 e. The molecule has 1 saturated heterocycles. The molecule has 38 heavy (non-hydrogen) atoms. The van der Waals surface area contributed by atoms with Crippen LogP contribution in [0.2, 0.25) is 0 Å². The van der Waals surface area contributed by atoms with Crippen LogP contribution in [0, 0.1) is 0 Å². The van der Waals surface area contributed by atoms with E-state index in [1.54, 1.807) is 47.2 Å². The fraction of sp³-hybridized carbons (Fsp3) is 0.345. The Morgan fingerprint density at radius 1 is 0.947 bits per heavy atom. The Morgan fingerprint density at radius 3 is 2.34 bits per heavy atom. The van der Waals surface area contributed by atoms with E-state index in [4.69, 9.17) is 9.11 Å². The van der Waals surface area contributed by atoms with Gasteiger partial charge in [-0.15, -0.1) is 0 Å². The Hall–Kier alpha value is -3.14. The standard InChI is InChI=1S/C29H34N4O3S2/c1-22(2)33(38(34,35)25-14-12-24(36-3)13-15-25)27-10-6-4-8-23(27)16-17-31-18-20-32(21-19-31)29-26-9-5-7-11-28(26)37-30-29/h4-15,22H,16-21H2,1-3H3. The summed E-state index contributed by atoms with van der Waals surface area (Å²) in [6.45, 7) is 8.46. The van der Waals surface area contributed by atoms with Crippen LogP contribution in [0.5, 0.6) is 5.75 Å². The zero-order chi connectivity index (χ0) is 26.7. The highest BCUT2D eigenvalue weighted by atomic mass is 32.2. The molecule has 0 saturated carbocycles. The van der Waals surface area contributed by atoms with Crippen molar-refractivity contribution in [1.29, 1.82) is 0 Å². The number of para-hydroxylation sites is 1. The van der Waals surface area contributed by atoms with Gasteiger partial charge in [0.25, 0.3) is 10.0 Å². The number of piperazine rings is 1. The smallest absolute Gasteiger partial charge is 0.264 e. The molecule has 0 N–H and O–H groups in total. The fourth-order valence-corrected chi connectivity index (χ4v) is 7.54. The van der Waals surface area contributed by atoms with Gasteiger partial charge in [0.2, 0.25) is 0 Å². The number of rotatable bonds is 9. The molecule has 1 aliphatic rings. The first kappa shape index (κ1) is 26.5. The maximum atomic E-state index is 13.7. The van der Waals surface area contributed by atoms with Gasteiger partial charge in [-0.1, -0.05) is 30.3 Å². The summed E-state index contributed by atoms with van der Waals surface area (Å²) in [6.07, 6.45) is 0.775. The highest BCUT2D eigenvalue weighted by Gasteiger charge is 2.29. The van der Waals surface area contributed by atoms with Crippen LogP contribution in [0.3, 0.4) is 0 Å². The Labute approximate surface area is 229 Å². The molecule has 200 valence electrons. The summed E-state index contributed by atoms with van der Waals surface area (Å²) >= 11 is 1.56. The number of sulfonamides is 1. The third-order valence-electron chi connectivity index (χ3n) is 7.04. The second-order valence-corrected chi connectivity index (χ2v) is 12.4. The predicted octanol–water partition coefficient (Wildman–Crippen LogP) is 5.27. The molecule has 1 aromatic heterocycles. The lowest BCUT2D eigenvalue weighted by Gasteiger charge is -2.35. The zero-order valence-corrected chi connectivity index (χ0v) is 23.7. The van der Waals surface area contributed by atoms with E-state index in [-0.39, 0.29) is 10.9 Å². The van der Waals surface area contributed by atoms with Crippen molar-refractivity contribution in [2.75, 3.05) is 49.0 Å². The van der Waals surface area contributed by atoms with Crippen LogP contribution >= 0.6 is 11.5 Å². The van der Waals surface area contributed by atoms with Crippen LogP contribution in [-0.2, 0) is 16.4 Å². The highest BCUT2D eigenvalue weighted by molar-refractivity contribution is 7.92. The first-order valence-corrected chi connectivity index (χ1v) is 15.2. The molecule has 9 heteroatoms. The zero-order valence-electron chi connectivity index (χ0n) is 22.1. The fourth-order valence-electron chi connectivity index (χ4n) is 5.05. The lowest BCUT2D eigenvalue weighted by molar-refractivity contribution is 0.261. The number of benzene rings is 3. The van der Waals surface area contributed by atoms with Crippen LogP contribution < -0.4 is 13.9 Å². The second-order valence-electron chi connectivity index (χ2n) is 9.78. The van der Waals surface area contributed by atoms with Gasteiger partial charge in [0.15, 0.2) is 0 Å². The van der Waals surface area contributed by atoms with Crippen LogP contribution in [-0.4, -0.2) is 63.6 Å². The van der Waals surface area contributed by atoms with Gasteiger partial charge in [0, 0.05) is 44.2 Å². The Balaban J connectivity index is 1.29. The third-order valence-corrected chi connectivity index (χ3v) is 9.86. The molecule has 5 rings (SSSR count). The molecule has 1 fully saturated rings. The Kier molecular flexibility index (Phi) is 7.88. The third kappa shape index (κ3) is 5.36. The van der Waals surface area contributed by atoms with Crippen molar-refractivity contribution in [2.45, 2.75) is 31.2 Å². The molecule has 0 unspecified atom stereocenters. The van der Waals surface area contributed by atoms with Crippen molar-refractivity contribution in [3.8, 4) is 5.75 Å². The van der Waals surface area contributed by atoms with Crippen molar-refractivity contribution in [1.82, 2.24) is 9.27 Å². The summed E-state index contributed by atoms with van der Waals surface area (Å²) in [4.78, 5) is 5.09. The summed E-state index contributed by atoms with van der Waals surface area (Å²) in [5.74, 6) is 1.72. The molecule has 0 radical (unpaired) electrons. The van der Waals surface area contributed by atoms with E-state index in [0.29, 0.717) is 5.75 Å². The summed E-state index contributed by atoms with van der Waals surface area (Å²) in [6, 6.07) is 22.6. The van der Waals surface area contributed by atoms with Gasteiger partial charge in [-0.05, 0) is 79.8 Å². The van der Waals surface area contributed by atoms with Gasteiger partial charge in [-0.2, -0.15) is 4.37 Å². The first-order chi connectivity index (χ1) is 18.4.